The van der Waals surface area contributed by atoms with E-state index in [1.807, 2.05) is 6.07 Å². The molecule has 0 aromatic heterocycles. The van der Waals surface area contributed by atoms with Crippen LogP contribution >= 0.6 is 0 Å². The summed E-state index contributed by atoms with van der Waals surface area (Å²) in [5, 5.41) is 6.58. The predicted octanol–water partition coefficient (Wildman–Crippen LogP) is 4.07. The molecule has 2 unspecified atom stereocenters. The molecule has 3 atom stereocenters. The van der Waals surface area contributed by atoms with E-state index in [2.05, 4.69) is 41.8 Å². The second kappa shape index (κ2) is 6.72. The Hall–Kier alpha value is -2.40. The lowest BCUT2D eigenvalue weighted by atomic mass is 9.79. The largest absolute Gasteiger partial charge is 0.381 e. The van der Waals surface area contributed by atoms with Gasteiger partial charge < -0.3 is 15.5 Å². The molecule has 1 aliphatic carbocycles. The first-order chi connectivity index (χ1) is 12.5. The average molecular weight is 353 g/mol. The van der Waals surface area contributed by atoms with Crippen molar-refractivity contribution in [1.82, 2.24) is 4.90 Å². The first kappa shape index (κ1) is 17.0. The van der Waals surface area contributed by atoms with Crippen LogP contribution in [0.2, 0.25) is 0 Å². The molecule has 2 N–H and O–H groups in total. The Morgan fingerprint density at radius 1 is 1.15 bits per heavy atom. The van der Waals surface area contributed by atoms with E-state index >= 15 is 0 Å². The minimum absolute atomic E-state index is 0.220. The minimum Gasteiger partial charge on any atom is -0.381 e. The van der Waals surface area contributed by atoms with Crippen molar-refractivity contribution in [2.24, 2.45) is 0 Å². The van der Waals surface area contributed by atoms with Gasteiger partial charge in [-0.25, -0.2) is 4.39 Å². The molecule has 0 spiro atoms. The van der Waals surface area contributed by atoms with Crippen LogP contribution in [0.15, 0.2) is 42.5 Å². The van der Waals surface area contributed by atoms with E-state index in [9.17, 15) is 9.18 Å². The highest BCUT2D eigenvalue weighted by Crippen LogP contribution is 2.45. The third-order valence-corrected chi connectivity index (χ3v) is 5.71. The molecule has 2 aliphatic rings. The number of nitrogens with zero attached hydrogens (tertiary/aromatic N) is 1. The van der Waals surface area contributed by atoms with E-state index in [0.29, 0.717) is 23.6 Å². The Morgan fingerprint density at radius 2 is 1.92 bits per heavy atom. The molecule has 26 heavy (non-hydrogen) atoms. The molecule has 1 aliphatic heterocycles. The Labute approximate surface area is 153 Å². The molecular formula is C21H24FN3O. The lowest BCUT2D eigenvalue weighted by molar-refractivity contribution is 0.102. The van der Waals surface area contributed by atoms with Crippen LogP contribution in [0.5, 0.6) is 0 Å². The van der Waals surface area contributed by atoms with Crippen LogP contribution in [0.4, 0.5) is 15.8 Å². The van der Waals surface area contributed by atoms with Gasteiger partial charge in [-0.1, -0.05) is 0 Å². The number of halogens is 1. The normalized spacial score (nSPS) is 23.9. The molecule has 0 saturated heterocycles. The highest BCUT2D eigenvalue weighted by molar-refractivity contribution is 6.04. The maximum atomic E-state index is 13.0. The predicted molar refractivity (Wildman–Crippen MR) is 102 cm³/mol. The number of hydrogen-bond donors (Lipinski definition) is 2. The monoisotopic (exact) mass is 353 g/mol. The number of anilines is 2. The van der Waals surface area contributed by atoms with Crippen molar-refractivity contribution in [3.63, 3.8) is 0 Å². The SMILES string of the molecule is CN(C)[C@@H]1CCC2Nc3ccc(NC(=O)c4ccc(F)cc4)cc3C2C1. The molecule has 0 radical (unpaired) electrons. The second-order valence-electron chi connectivity index (χ2n) is 7.55. The van der Waals surface area contributed by atoms with Crippen LogP contribution < -0.4 is 10.6 Å². The number of nitrogens with one attached hydrogen (secondary N) is 2. The summed E-state index contributed by atoms with van der Waals surface area (Å²) in [6.07, 6.45) is 3.51. The van der Waals surface area contributed by atoms with Crippen molar-refractivity contribution in [3.8, 4) is 0 Å². The number of rotatable bonds is 3. The maximum Gasteiger partial charge on any atom is 0.255 e. The van der Waals surface area contributed by atoms with Crippen LogP contribution in [0.3, 0.4) is 0 Å². The van der Waals surface area contributed by atoms with Crippen molar-refractivity contribution in [3.05, 3.63) is 59.4 Å². The molecule has 5 heteroatoms. The third kappa shape index (κ3) is 3.19. The molecular weight excluding hydrogens is 329 g/mol. The van der Waals surface area contributed by atoms with E-state index in [4.69, 9.17) is 0 Å². The van der Waals surface area contributed by atoms with Crippen LogP contribution in [-0.2, 0) is 0 Å². The molecule has 1 saturated carbocycles. The van der Waals surface area contributed by atoms with Gasteiger partial charge in [0.05, 0.1) is 0 Å². The fourth-order valence-electron chi connectivity index (χ4n) is 4.22. The van der Waals surface area contributed by atoms with Gasteiger partial charge >= 0.3 is 0 Å². The summed E-state index contributed by atoms with van der Waals surface area (Å²) in [6, 6.07) is 12.8. The quantitative estimate of drug-likeness (QED) is 0.874. The standard InChI is InChI=1S/C21H24FN3O/c1-25(2)16-8-10-20-18(12-16)17-11-15(7-9-19(17)24-20)23-21(26)13-3-5-14(22)6-4-13/h3-7,9,11,16,18,20,24H,8,10,12H2,1-2H3,(H,23,26)/t16-,18?,20?/m1/s1. The van der Waals surface area contributed by atoms with Crippen molar-refractivity contribution in [1.29, 1.82) is 0 Å². The lowest BCUT2D eigenvalue weighted by Crippen LogP contribution is -2.38. The first-order valence-electron chi connectivity index (χ1n) is 9.15. The molecule has 136 valence electrons. The summed E-state index contributed by atoms with van der Waals surface area (Å²) in [4.78, 5) is 14.7. The summed E-state index contributed by atoms with van der Waals surface area (Å²) in [5.41, 5.74) is 3.71. The number of carbonyl (C=O) groups excluding carboxylic acids is 1. The lowest BCUT2D eigenvalue weighted by Gasteiger charge is -2.35. The number of hydrogen-bond acceptors (Lipinski definition) is 3. The van der Waals surface area contributed by atoms with E-state index in [-0.39, 0.29) is 11.7 Å². The Kier molecular flexibility index (Phi) is 4.41. The number of fused-ring (bicyclic) bond motifs is 3. The van der Waals surface area contributed by atoms with E-state index in [1.54, 1.807) is 0 Å². The molecule has 2 aromatic carbocycles. The molecule has 2 aromatic rings. The maximum absolute atomic E-state index is 13.0. The van der Waals surface area contributed by atoms with E-state index < -0.39 is 0 Å². The van der Waals surface area contributed by atoms with Gasteiger partial charge in [0.2, 0.25) is 0 Å². The van der Waals surface area contributed by atoms with Crippen LogP contribution in [-0.4, -0.2) is 37.0 Å². The van der Waals surface area contributed by atoms with Gasteiger partial charge in [0.1, 0.15) is 5.82 Å². The molecule has 1 fully saturated rings. The zero-order chi connectivity index (χ0) is 18.3. The highest BCUT2D eigenvalue weighted by Gasteiger charge is 2.38. The fraction of sp³-hybridized carbons (Fsp3) is 0.381. The van der Waals surface area contributed by atoms with Crippen LogP contribution in [0.1, 0.15) is 41.1 Å². The summed E-state index contributed by atoms with van der Waals surface area (Å²) < 4.78 is 13.0. The molecule has 1 amide bonds. The van der Waals surface area contributed by atoms with Crippen molar-refractivity contribution >= 4 is 17.3 Å². The van der Waals surface area contributed by atoms with Gasteiger partial charge in [0, 0.05) is 34.9 Å². The number of benzene rings is 2. The molecule has 4 rings (SSSR count). The zero-order valence-corrected chi connectivity index (χ0v) is 15.1. The summed E-state index contributed by atoms with van der Waals surface area (Å²) in [5.74, 6) is -0.0833. The number of amides is 1. The molecule has 0 bridgehead atoms. The topological polar surface area (TPSA) is 44.4 Å². The van der Waals surface area contributed by atoms with Gasteiger partial charge in [-0.3, -0.25) is 4.79 Å². The fourth-order valence-corrected chi connectivity index (χ4v) is 4.22. The van der Waals surface area contributed by atoms with Crippen molar-refractivity contribution in [2.45, 2.75) is 37.3 Å². The highest BCUT2D eigenvalue weighted by atomic mass is 19.1. The van der Waals surface area contributed by atoms with E-state index in [1.165, 1.54) is 48.4 Å². The van der Waals surface area contributed by atoms with Gasteiger partial charge in [-0.15, -0.1) is 0 Å². The van der Waals surface area contributed by atoms with Gasteiger partial charge in [-0.2, -0.15) is 0 Å². The summed E-state index contributed by atoms with van der Waals surface area (Å²) in [7, 11) is 4.29. The van der Waals surface area contributed by atoms with Crippen LogP contribution in [0, 0.1) is 5.82 Å². The zero-order valence-electron chi connectivity index (χ0n) is 15.1. The molecule has 4 nitrogen and oxygen atoms in total. The van der Waals surface area contributed by atoms with Crippen LogP contribution in [0.25, 0.3) is 0 Å². The van der Waals surface area contributed by atoms with Gasteiger partial charge in [-0.05, 0) is 81.4 Å². The van der Waals surface area contributed by atoms with E-state index in [0.717, 1.165) is 12.1 Å². The summed E-state index contributed by atoms with van der Waals surface area (Å²) >= 11 is 0. The van der Waals surface area contributed by atoms with Gasteiger partial charge in [0.15, 0.2) is 0 Å². The first-order valence-corrected chi connectivity index (χ1v) is 9.15. The smallest absolute Gasteiger partial charge is 0.255 e. The Bertz CT molecular complexity index is 819. The molecule has 1 heterocycles. The van der Waals surface area contributed by atoms with Crippen molar-refractivity contribution < 1.29 is 9.18 Å². The second-order valence-corrected chi connectivity index (χ2v) is 7.55. The summed E-state index contributed by atoms with van der Waals surface area (Å²) in [6.45, 7) is 0. The Morgan fingerprint density at radius 3 is 2.65 bits per heavy atom. The average Bonchev–Trinajstić information content (AvgIpc) is 2.99. The number of carbonyl (C=O) groups is 1. The minimum atomic E-state index is -0.344. The van der Waals surface area contributed by atoms with Crippen molar-refractivity contribution in [2.75, 3.05) is 24.7 Å². The Balaban J connectivity index is 1.53. The van der Waals surface area contributed by atoms with Gasteiger partial charge in [0.25, 0.3) is 5.91 Å². The third-order valence-electron chi connectivity index (χ3n) is 5.71.